The molecule has 0 radical (unpaired) electrons. The maximum atomic E-state index is 13.5. The van der Waals surface area contributed by atoms with Crippen molar-refractivity contribution in [2.75, 3.05) is 17.2 Å². The van der Waals surface area contributed by atoms with Crippen LogP contribution in [0.1, 0.15) is 6.92 Å². The highest BCUT2D eigenvalue weighted by molar-refractivity contribution is 9.10. The molecule has 0 saturated carbocycles. The Labute approximate surface area is 117 Å². The number of anilines is 3. The number of hydrogen-bond acceptors (Lipinski definition) is 4. The number of rotatable bonds is 4. The molecule has 2 aromatic rings. The summed E-state index contributed by atoms with van der Waals surface area (Å²) in [5.74, 6) is -0.321. The minimum absolute atomic E-state index is 0.0156. The lowest BCUT2D eigenvalue weighted by molar-refractivity contribution is 0.603. The third-order valence-corrected chi connectivity index (χ3v) is 2.84. The van der Waals surface area contributed by atoms with Gasteiger partial charge in [0.25, 0.3) is 0 Å². The van der Waals surface area contributed by atoms with E-state index in [9.17, 15) is 8.78 Å². The summed E-state index contributed by atoms with van der Waals surface area (Å²) in [7, 11) is 0. The van der Waals surface area contributed by atoms with Crippen molar-refractivity contribution in [2.24, 2.45) is 0 Å². The Hall–Kier alpha value is -1.76. The maximum Gasteiger partial charge on any atom is 0.224 e. The fourth-order valence-corrected chi connectivity index (χ4v) is 1.71. The summed E-state index contributed by atoms with van der Waals surface area (Å²) in [6.07, 6.45) is 1.53. The van der Waals surface area contributed by atoms with Gasteiger partial charge in [-0.2, -0.15) is 4.98 Å². The van der Waals surface area contributed by atoms with Crippen LogP contribution in [0.3, 0.4) is 0 Å². The van der Waals surface area contributed by atoms with Crippen molar-refractivity contribution in [3.8, 4) is 0 Å². The number of aromatic nitrogens is 2. The van der Waals surface area contributed by atoms with Gasteiger partial charge in [-0.15, -0.1) is 0 Å². The second-order valence-electron chi connectivity index (χ2n) is 3.67. The molecule has 0 aliphatic rings. The third-order valence-electron chi connectivity index (χ3n) is 2.26. The first-order chi connectivity index (χ1) is 9.10. The highest BCUT2D eigenvalue weighted by atomic mass is 79.9. The highest BCUT2D eigenvalue weighted by Gasteiger charge is 2.09. The first-order valence-electron chi connectivity index (χ1n) is 5.58. The van der Waals surface area contributed by atoms with Gasteiger partial charge in [0.15, 0.2) is 0 Å². The number of halogens is 3. The molecule has 4 nitrogen and oxygen atoms in total. The van der Waals surface area contributed by atoms with Crippen molar-refractivity contribution in [1.29, 1.82) is 0 Å². The maximum absolute atomic E-state index is 13.5. The minimum atomic E-state index is -0.558. The van der Waals surface area contributed by atoms with Gasteiger partial charge < -0.3 is 10.6 Å². The Balaban J connectivity index is 2.31. The molecule has 1 aromatic heterocycles. The largest absolute Gasteiger partial charge is 0.354 e. The van der Waals surface area contributed by atoms with Crippen LogP contribution in [0.15, 0.2) is 28.9 Å². The van der Waals surface area contributed by atoms with Crippen molar-refractivity contribution < 1.29 is 8.78 Å². The van der Waals surface area contributed by atoms with E-state index in [-0.39, 0.29) is 5.69 Å². The second kappa shape index (κ2) is 5.92. The molecule has 19 heavy (non-hydrogen) atoms. The van der Waals surface area contributed by atoms with E-state index in [0.29, 0.717) is 22.8 Å². The van der Waals surface area contributed by atoms with Crippen LogP contribution in [-0.2, 0) is 0 Å². The standard InChI is InChI=1S/C12H11BrF2N4/c1-2-16-12-17-6-8(13)11(19-12)18-10-5-7(14)3-4-9(10)15/h3-6H,2H2,1H3,(H2,16,17,18,19). The zero-order chi connectivity index (χ0) is 13.8. The average Bonchev–Trinajstić information content (AvgIpc) is 2.38. The molecule has 1 aromatic carbocycles. The lowest BCUT2D eigenvalue weighted by Crippen LogP contribution is -2.05. The summed E-state index contributed by atoms with van der Waals surface area (Å²) in [6, 6.07) is 3.17. The lowest BCUT2D eigenvalue weighted by Gasteiger charge is -2.10. The number of hydrogen-bond donors (Lipinski definition) is 2. The van der Waals surface area contributed by atoms with Crippen LogP contribution in [0.25, 0.3) is 0 Å². The normalized spacial score (nSPS) is 10.3. The van der Waals surface area contributed by atoms with E-state index in [1.165, 1.54) is 6.20 Å². The van der Waals surface area contributed by atoms with Crippen LogP contribution in [0.5, 0.6) is 0 Å². The molecule has 0 spiro atoms. The van der Waals surface area contributed by atoms with Crippen LogP contribution in [0.2, 0.25) is 0 Å². The fourth-order valence-electron chi connectivity index (χ4n) is 1.42. The summed E-state index contributed by atoms with van der Waals surface area (Å²) in [6.45, 7) is 2.57. The monoisotopic (exact) mass is 328 g/mol. The second-order valence-corrected chi connectivity index (χ2v) is 4.52. The highest BCUT2D eigenvalue weighted by Crippen LogP contribution is 2.26. The van der Waals surface area contributed by atoms with Gasteiger partial charge in [-0.1, -0.05) is 0 Å². The quantitative estimate of drug-likeness (QED) is 0.898. The number of nitrogens with zero attached hydrogens (tertiary/aromatic N) is 2. The van der Waals surface area contributed by atoms with E-state index < -0.39 is 11.6 Å². The molecule has 2 N–H and O–H groups in total. The van der Waals surface area contributed by atoms with E-state index in [1.54, 1.807) is 0 Å². The van der Waals surface area contributed by atoms with Gasteiger partial charge in [-0.05, 0) is 35.0 Å². The zero-order valence-corrected chi connectivity index (χ0v) is 11.6. The van der Waals surface area contributed by atoms with E-state index in [0.717, 1.165) is 18.2 Å². The van der Waals surface area contributed by atoms with Gasteiger partial charge in [-0.3, -0.25) is 0 Å². The van der Waals surface area contributed by atoms with Gasteiger partial charge in [-0.25, -0.2) is 13.8 Å². The summed E-state index contributed by atoms with van der Waals surface area (Å²) in [5, 5.41) is 5.66. The molecule has 2 rings (SSSR count). The molecule has 0 aliphatic carbocycles. The van der Waals surface area contributed by atoms with Crippen molar-refractivity contribution >= 4 is 33.4 Å². The van der Waals surface area contributed by atoms with E-state index in [2.05, 4.69) is 36.5 Å². The summed E-state index contributed by atoms with van der Waals surface area (Å²) >= 11 is 3.25. The van der Waals surface area contributed by atoms with Crippen molar-refractivity contribution in [3.63, 3.8) is 0 Å². The van der Waals surface area contributed by atoms with Gasteiger partial charge in [0.2, 0.25) is 5.95 Å². The third kappa shape index (κ3) is 3.37. The smallest absolute Gasteiger partial charge is 0.224 e. The number of nitrogens with one attached hydrogen (secondary N) is 2. The molecule has 0 unspecified atom stereocenters. The molecular weight excluding hydrogens is 318 g/mol. The molecule has 0 saturated heterocycles. The molecular formula is C12H11BrF2N4. The average molecular weight is 329 g/mol. The summed E-state index contributed by atoms with van der Waals surface area (Å²) < 4.78 is 27.2. The van der Waals surface area contributed by atoms with Crippen molar-refractivity contribution in [2.45, 2.75) is 6.92 Å². The van der Waals surface area contributed by atoms with Crippen molar-refractivity contribution in [3.05, 3.63) is 40.5 Å². The first-order valence-corrected chi connectivity index (χ1v) is 6.38. The summed E-state index contributed by atoms with van der Waals surface area (Å²) in [5.41, 5.74) is 0.0156. The molecule has 7 heteroatoms. The van der Waals surface area contributed by atoms with Crippen LogP contribution in [0.4, 0.5) is 26.2 Å². The molecule has 0 bridgehead atoms. The molecule has 0 fully saturated rings. The van der Waals surface area contributed by atoms with Crippen molar-refractivity contribution in [1.82, 2.24) is 9.97 Å². The van der Waals surface area contributed by atoms with Gasteiger partial charge in [0.1, 0.15) is 17.5 Å². The van der Waals surface area contributed by atoms with E-state index >= 15 is 0 Å². The predicted molar refractivity (Wildman–Crippen MR) is 73.5 cm³/mol. The Morgan fingerprint density at radius 3 is 2.84 bits per heavy atom. The Morgan fingerprint density at radius 2 is 2.11 bits per heavy atom. The molecule has 0 amide bonds. The zero-order valence-electron chi connectivity index (χ0n) is 10.0. The Morgan fingerprint density at radius 1 is 1.32 bits per heavy atom. The number of benzene rings is 1. The Bertz CT molecular complexity index is 592. The van der Waals surface area contributed by atoms with Gasteiger partial charge in [0, 0.05) is 18.8 Å². The minimum Gasteiger partial charge on any atom is -0.354 e. The van der Waals surface area contributed by atoms with Gasteiger partial charge >= 0.3 is 0 Å². The van der Waals surface area contributed by atoms with Gasteiger partial charge in [0.05, 0.1) is 10.2 Å². The Kier molecular flexibility index (Phi) is 4.26. The lowest BCUT2D eigenvalue weighted by atomic mass is 10.3. The first kappa shape index (κ1) is 13.7. The predicted octanol–water partition coefficient (Wildman–Crippen LogP) is 3.69. The fraction of sp³-hybridized carbons (Fsp3) is 0.167. The van der Waals surface area contributed by atoms with E-state index in [4.69, 9.17) is 0 Å². The summed E-state index contributed by atoms with van der Waals surface area (Å²) in [4.78, 5) is 8.19. The van der Waals surface area contributed by atoms with E-state index in [1.807, 2.05) is 6.92 Å². The van der Waals surface area contributed by atoms with Crippen LogP contribution in [-0.4, -0.2) is 16.5 Å². The SMILES string of the molecule is CCNc1ncc(Br)c(Nc2cc(F)ccc2F)n1. The van der Waals surface area contributed by atoms with Crippen LogP contribution >= 0.6 is 15.9 Å². The van der Waals surface area contributed by atoms with Crippen LogP contribution in [0, 0.1) is 11.6 Å². The molecule has 0 aliphatic heterocycles. The molecule has 1 heterocycles. The molecule has 0 atom stereocenters. The topological polar surface area (TPSA) is 49.8 Å². The molecule has 100 valence electrons. The van der Waals surface area contributed by atoms with Crippen LogP contribution < -0.4 is 10.6 Å².